The number of rotatable bonds is 9. The van der Waals surface area contributed by atoms with E-state index < -0.39 is 0 Å². The Kier molecular flexibility index (Phi) is 7.19. The van der Waals surface area contributed by atoms with Crippen LogP contribution in [-0.2, 0) is 4.79 Å². The number of hydrogen-bond donors (Lipinski definition) is 1. The number of amides is 1. The highest BCUT2D eigenvalue weighted by Gasteiger charge is 2.19. The molecule has 0 aliphatic rings. The topological polar surface area (TPSA) is 77.2 Å². The van der Waals surface area contributed by atoms with Gasteiger partial charge >= 0.3 is 0 Å². The minimum Gasteiger partial charge on any atom is -0.494 e. The van der Waals surface area contributed by atoms with Crippen molar-refractivity contribution in [2.75, 3.05) is 6.61 Å². The van der Waals surface area contributed by atoms with E-state index in [2.05, 4.69) is 31.4 Å². The molecule has 0 saturated heterocycles. The molecule has 6 nitrogen and oxygen atoms in total. The highest BCUT2D eigenvalue weighted by Crippen LogP contribution is 2.23. The van der Waals surface area contributed by atoms with Crippen LogP contribution in [-0.4, -0.2) is 22.7 Å². The number of carbonyl (C=O) groups excluding carboxylic acids is 1. The van der Waals surface area contributed by atoms with Gasteiger partial charge in [0, 0.05) is 16.5 Å². The van der Waals surface area contributed by atoms with Gasteiger partial charge in [-0.15, -0.1) is 0 Å². The highest BCUT2D eigenvalue weighted by atomic mass is 79.9. The smallest absolute Gasteiger partial charge is 0.258 e. The van der Waals surface area contributed by atoms with Crippen LogP contribution in [0, 0.1) is 0 Å². The molecule has 0 fully saturated rings. The van der Waals surface area contributed by atoms with Crippen molar-refractivity contribution in [3.05, 3.63) is 64.9 Å². The predicted octanol–water partition coefficient (Wildman–Crippen LogP) is 4.93. The average Bonchev–Trinajstić information content (AvgIpc) is 3.20. The number of nitrogens with zero attached hydrogens (tertiary/aromatic N) is 2. The van der Waals surface area contributed by atoms with Crippen LogP contribution in [0.5, 0.6) is 5.75 Å². The van der Waals surface area contributed by atoms with Crippen LogP contribution in [0.3, 0.4) is 0 Å². The zero-order valence-corrected chi connectivity index (χ0v) is 17.2. The van der Waals surface area contributed by atoms with Crippen molar-refractivity contribution in [2.45, 2.75) is 32.2 Å². The number of hydrogen-bond acceptors (Lipinski definition) is 5. The number of para-hydroxylation sites is 1. The first-order chi connectivity index (χ1) is 13.7. The monoisotopic (exact) mass is 443 g/mol. The molecule has 0 aliphatic heterocycles. The molecule has 0 aliphatic carbocycles. The zero-order valence-electron chi connectivity index (χ0n) is 15.6. The van der Waals surface area contributed by atoms with Gasteiger partial charge in [-0.1, -0.05) is 52.3 Å². The van der Waals surface area contributed by atoms with Crippen molar-refractivity contribution in [1.29, 1.82) is 0 Å². The van der Waals surface area contributed by atoms with Crippen LogP contribution < -0.4 is 10.1 Å². The molecule has 0 bridgehead atoms. The Morgan fingerprint density at radius 1 is 1.21 bits per heavy atom. The summed E-state index contributed by atoms with van der Waals surface area (Å²) in [5.41, 5.74) is 0.826. The summed E-state index contributed by atoms with van der Waals surface area (Å²) in [5, 5.41) is 7.01. The van der Waals surface area contributed by atoms with Crippen molar-refractivity contribution in [3.8, 4) is 17.2 Å². The van der Waals surface area contributed by atoms with Gasteiger partial charge in [0.2, 0.25) is 5.91 Å². The van der Waals surface area contributed by atoms with E-state index in [4.69, 9.17) is 9.26 Å². The molecule has 2 aromatic carbocycles. The first kappa shape index (κ1) is 20.1. The van der Waals surface area contributed by atoms with Crippen molar-refractivity contribution in [2.24, 2.45) is 0 Å². The van der Waals surface area contributed by atoms with Gasteiger partial charge in [-0.2, -0.15) is 4.98 Å². The van der Waals surface area contributed by atoms with E-state index in [9.17, 15) is 4.79 Å². The van der Waals surface area contributed by atoms with Crippen LogP contribution in [0.1, 0.15) is 38.1 Å². The largest absolute Gasteiger partial charge is 0.494 e. The van der Waals surface area contributed by atoms with Crippen LogP contribution in [0.15, 0.2) is 63.6 Å². The maximum absolute atomic E-state index is 12.3. The van der Waals surface area contributed by atoms with E-state index in [0.29, 0.717) is 37.6 Å². The summed E-state index contributed by atoms with van der Waals surface area (Å²) in [5.74, 6) is 1.66. The lowest BCUT2D eigenvalue weighted by Gasteiger charge is -2.13. The molecule has 0 radical (unpaired) electrons. The lowest BCUT2D eigenvalue weighted by molar-refractivity contribution is -0.122. The fourth-order valence-electron chi connectivity index (χ4n) is 2.67. The Balaban J connectivity index is 1.50. The number of carbonyl (C=O) groups is 1. The summed E-state index contributed by atoms with van der Waals surface area (Å²) >= 11 is 3.43. The van der Waals surface area contributed by atoms with Crippen LogP contribution in [0.2, 0.25) is 0 Å². The van der Waals surface area contributed by atoms with Gasteiger partial charge in [0.1, 0.15) is 5.75 Å². The molecule has 3 rings (SSSR count). The molecular formula is C21H22BrN3O3. The first-order valence-electron chi connectivity index (χ1n) is 9.22. The molecule has 1 N–H and O–H groups in total. The van der Waals surface area contributed by atoms with E-state index in [-0.39, 0.29) is 11.9 Å². The van der Waals surface area contributed by atoms with Crippen molar-refractivity contribution in [1.82, 2.24) is 15.5 Å². The van der Waals surface area contributed by atoms with Crippen molar-refractivity contribution >= 4 is 21.8 Å². The van der Waals surface area contributed by atoms with Crippen molar-refractivity contribution in [3.63, 3.8) is 0 Å². The standard InChI is InChI=1S/C21H22BrN3O3/c1-2-18(20-24-21(28-25-20)15-8-6-9-16(22)14-15)23-19(26)12-7-13-27-17-10-4-3-5-11-17/h3-6,8-11,14,18H,2,7,12-13H2,1H3,(H,23,26)/t18-/m0/s1. The summed E-state index contributed by atoms with van der Waals surface area (Å²) < 4.78 is 11.9. The molecule has 0 unspecified atom stereocenters. The third kappa shape index (κ3) is 5.66. The summed E-state index contributed by atoms with van der Waals surface area (Å²) in [6.45, 7) is 2.46. The third-order valence-corrected chi connectivity index (χ3v) is 4.62. The molecule has 1 atom stereocenters. The summed E-state index contributed by atoms with van der Waals surface area (Å²) in [6, 6.07) is 16.9. The van der Waals surface area contributed by atoms with Gasteiger partial charge < -0.3 is 14.6 Å². The number of aromatic nitrogens is 2. The van der Waals surface area contributed by atoms with E-state index in [1.807, 2.05) is 61.5 Å². The first-order valence-corrected chi connectivity index (χ1v) is 10.0. The van der Waals surface area contributed by atoms with Gasteiger partial charge in [0.05, 0.1) is 12.6 Å². The third-order valence-electron chi connectivity index (χ3n) is 4.13. The Morgan fingerprint density at radius 3 is 2.79 bits per heavy atom. The van der Waals surface area contributed by atoms with Gasteiger partial charge in [-0.25, -0.2) is 0 Å². The maximum atomic E-state index is 12.3. The minimum atomic E-state index is -0.285. The second kappa shape index (κ2) is 10.0. The molecular weight excluding hydrogens is 422 g/mol. The quantitative estimate of drug-likeness (QED) is 0.474. The minimum absolute atomic E-state index is 0.0580. The van der Waals surface area contributed by atoms with Crippen LogP contribution >= 0.6 is 15.9 Å². The number of halogens is 1. The fourth-order valence-corrected chi connectivity index (χ4v) is 3.07. The SMILES string of the molecule is CC[C@H](NC(=O)CCCOc1ccccc1)c1noc(-c2cccc(Br)c2)n1. The fraction of sp³-hybridized carbons (Fsp3) is 0.286. The normalized spacial score (nSPS) is 11.8. The molecule has 0 spiro atoms. The summed E-state index contributed by atoms with van der Waals surface area (Å²) in [7, 11) is 0. The maximum Gasteiger partial charge on any atom is 0.258 e. The molecule has 1 amide bonds. The van der Waals surface area contributed by atoms with Gasteiger partial charge in [-0.05, 0) is 43.2 Å². The van der Waals surface area contributed by atoms with Gasteiger partial charge in [0.25, 0.3) is 5.89 Å². The molecule has 1 aromatic heterocycles. The predicted molar refractivity (Wildman–Crippen MR) is 110 cm³/mol. The number of nitrogens with one attached hydrogen (secondary N) is 1. The second-order valence-electron chi connectivity index (χ2n) is 6.26. The van der Waals surface area contributed by atoms with E-state index >= 15 is 0 Å². The molecule has 28 heavy (non-hydrogen) atoms. The highest BCUT2D eigenvalue weighted by molar-refractivity contribution is 9.10. The summed E-state index contributed by atoms with van der Waals surface area (Å²) in [6.07, 6.45) is 1.68. The Morgan fingerprint density at radius 2 is 2.04 bits per heavy atom. The zero-order chi connectivity index (χ0) is 19.8. The van der Waals surface area contributed by atoms with Gasteiger partial charge in [-0.3, -0.25) is 4.79 Å². The molecule has 7 heteroatoms. The number of benzene rings is 2. The van der Waals surface area contributed by atoms with E-state index in [1.165, 1.54) is 0 Å². The van der Waals surface area contributed by atoms with Crippen LogP contribution in [0.4, 0.5) is 0 Å². The number of ether oxygens (including phenoxy) is 1. The molecule has 0 saturated carbocycles. The Bertz CT molecular complexity index is 899. The molecule has 1 heterocycles. The lowest BCUT2D eigenvalue weighted by atomic mass is 10.2. The van der Waals surface area contributed by atoms with E-state index in [1.54, 1.807) is 0 Å². The van der Waals surface area contributed by atoms with E-state index in [0.717, 1.165) is 15.8 Å². The van der Waals surface area contributed by atoms with Crippen molar-refractivity contribution < 1.29 is 14.1 Å². The average molecular weight is 444 g/mol. The second-order valence-corrected chi connectivity index (χ2v) is 7.18. The van der Waals surface area contributed by atoms with Gasteiger partial charge in [0.15, 0.2) is 5.82 Å². The van der Waals surface area contributed by atoms with Crippen LogP contribution in [0.25, 0.3) is 11.5 Å². The Hall–Kier alpha value is -2.67. The lowest BCUT2D eigenvalue weighted by Crippen LogP contribution is -2.29. The summed E-state index contributed by atoms with van der Waals surface area (Å²) in [4.78, 5) is 16.7. The Labute approximate surface area is 172 Å². The molecule has 146 valence electrons. The molecule has 3 aromatic rings.